The first-order valence-corrected chi connectivity index (χ1v) is 5.79. The van der Waals surface area contributed by atoms with Crippen LogP contribution in [0.4, 0.5) is 15.8 Å². The number of nitriles is 1. The predicted octanol–water partition coefficient (Wildman–Crippen LogP) is 2.96. The van der Waals surface area contributed by atoms with Crippen molar-refractivity contribution in [3.8, 4) is 6.07 Å². The number of hydrogen-bond acceptors (Lipinski definition) is 3. The van der Waals surface area contributed by atoms with Crippen molar-refractivity contribution in [2.75, 3.05) is 11.9 Å². The van der Waals surface area contributed by atoms with E-state index < -0.39 is 5.82 Å². The third kappa shape index (κ3) is 2.56. The first-order valence-electron chi connectivity index (χ1n) is 5.79. The van der Waals surface area contributed by atoms with E-state index in [9.17, 15) is 9.50 Å². The number of aliphatic hydroxyl groups excluding tert-OH is 1. The number of nitrogens with zero attached hydrogens (tertiary/aromatic N) is 2. The van der Waals surface area contributed by atoms with Crippen molar-refractivity contribution in [3.63, 3.8) is 0 Å². The molecule has 19 heavy (non-hydrogen) atoms. The lowest BCUT2D eigenvalue weighted by atomic mass is 10.1. The quantitative estimate of drug-likeness (QED) is 0.918. The Morgan fingerprint density at radius 1 is 1.26 bits per heavy atom. The molecular weight excluding hydrogens is 243 g/mol. The first-order chi connectivity index (χ1) is 9.17. The van der Waals surface area contributed by atoms with Gasteiger partial charge >= 0.3 is 0 Å². The standard InChI is InChI=1S/C15H13FN2O/c1-18(12-5-2-4-11(8-12)9-17)15-7-3-6-14(16)13(15)10-19/h2-8,19H,10H2,1H3. The minimum absolute atomic E-state index is 0.243. The Bertz CT molecular complexity index is 634. The van der Waals surface area contributed by atoms with Gasteiger partial charge in [-0.3, -0.25) is 0 Å². The summed E-state index contributed by atoms with van der Waals surface area (Å²) in [6.45, 7) is -0.371. The minimum Gasteiger partial charge on any atom is -0.391 e. The first kappa shape index (κ1) is 13.1. The maximum atomic E-state index is 13.6. The summed E-state index contributed by atoms with van der Waals surface area (Å²) >= 11 is 0. The molecule has 0 heterocycles. The molecule has 0 amide bonds. The van der Waals surface area contributed by atoms with E-state index in [0.717, 1.165) is 5.69 Å². The van der Waals surface area contributed by atoms with Crippen molar-refractivity contribution in [3.05, 3.63) is 59.4 Å². The molecule has 2 aromatic carbocycles. The van der Waals surface area contributed by atoms with Gasteiger partial charge in [-0.2, -0.15) is 5.26 Å². The third-order valence-corrected chi connectivity index (χ3v) is 2.98. The van der Waals surface area contributed by atoms with Crippen LogP contribution in [-0.2, 0) is 6.61 Å². The highest BCUT2D eigenvalue weighted by Crippen LogP contribution is 2.29. The summed E-state index contributed by atoms with van der Waals surface area (Å²) in [5.41, 5.74) is 2.12. The van der Waals surface area contributed by atoms with Crippen LogP contribution in [-0.4, -0.2) is 12.2 Å². The Morgan fingerprint density at radius 2 is 2.00 bits per heavy atom. The molecule has 0 fully saturated rings. The van der Waals surface area contributed by atoms with Gasteiger partial charge < -0.3 is 10.0 Å². The van der Waals surface area contributed by atoms with E-state index in [2.05, 4.69) is 6.07 Å². The van der Waals surface area contributed by atoms with Crippen LogP contribution in [0.2, 0.25) is 0 Å². The van der Waals surface area contributed by atoms with E-state index in [0.29, 0.717) is 11.3 Å². The number of aliphatic hydroxyl groups is 1. The molecular formula is C15H13FN2O. The molecule has 2 rings (SSSR count). The van der Waals surface area contributed by atoms with Crippen LogP contribution in [0.25, 0.3) is 0 Å². The molecule has 0 saturated carbocycles. The molecule has 0 atom stereocenters. The van der Waals surface area contributed by atoms with Crippen molar-refractivity contribution >= 4 is 11.4 Å². The number of halogens is 1. The zero-order valence-electron chi connectivity index (χ0n) is 10.5. The van der Waals surface area contributed by atoms with Gasteiger partial charge in [-0.05, 0) is 30.3 Å². The van der Waals surface area contributed by atoms with Gasteiger partial charge in [0.2, 0.25) is 0 Å². The highest BCUT2D eigenvalue weighted by atomic mass is 19.1. The highest BCUT2D eigenvalue weighted by molar-refractivity contribution is 5.67. The van der Waals surface area contributed by atoms with Gasteiger partial charge in [-0.1, -0.05) is 12.1 Å². The molecule has 0 radical (unpaired) electrons. The molecule has 0 aliphatic heterocycles. The Kier molecular flexibility index (Phi) is 3.79. The van der Waals surface area contributed by atoms with E-state index >= 15 is 0 Å². The SMILES string of the molecule is CN(c1cccc(C#N)c1)c1cccc(F)c1CO. The molecule has 4 heteroatoms. The predicted molar refractivity (Wildman–Crippen MR) is 71.5 cm³/mol. The van der Waals surface area contributed by atoms with Crippen molar-refractivity contribution in [2.24, 2.45) is 0 Å². The van der Waals surface area contributed by atoms with Crippen molar-refractivity contribution in [2.45, 2.75) is 6.61 Å². The van der Waals surface area contributed by atoms with Gasteiger partial charge in [-0.25, -0.2) is 4.39 Å². The molecule has 0 unspecified atom stereocenters. The fourth-order valence-corrected chi connectivity index (χ4v) is 1.94. The zero-order chi connectivity index (χ0) is 13.8. The van der Waals surface area contributed by atoms with E-state index in [1.165, 1.54) is 6.07 Å². The molecule has 0 aliphatic carbocycles. The van der Waals surface area contributed by atoms with Gasteiger partial charge in [-0.15, -0.1) is 0 Å². The lowest BCUT2D eigenvalue weighted by Gasteiger charge is -2.22. The lowest BCUT2D eigenvalue weighted by molar-refractivity contribution is 0.276. The summed E-state index contributed by atoms with van der Waals surface area (Å²) in [6.07, 6.45) is 0. The number of benzene rings is 2. The summed E-state index contributed by atoms with van der Waals surface area (Å²) in [6, 6.07) is 13.7. The summed E-state index contributed by atoms with van der Waals surface area (Å²) < 4.78 is 13.6. The van der Waals surface area contributed by atoms with Crippen LogP contribution < -0.4 is 4.90 Å². The maximum absolute atomic E-state index is 13.6. The van der Waals surface area contributed by atoms with Crippen molar-refractivity contribution < 1.29 is 9.50 Å². The topological polar surface area (TPSA) is 47.3 Å². The molecule has 2 aromatic rings. The lowest BCUT2D eigenvalue weighted by Crippen LogP contribution is -2.13. The van der Waals surface area contributed by atoms with Crippen LogP contribution >= 0.6 is 0 Å². The van der Waals surface area contributed by atoms with E-state index in [1.807, 2.05) is 6.07 Å². The van der Waals surface area contributed by atoms with Crippen molar-refractivity contribution in [1.82, 2.24) is 0 Å². The van der Waals surface area contributed by atoms with Gasteiger partial charge in [0.05, 0.1) is 18.2 Å². The van der Waals surface area contributed by atoms with E-state index in [4.69, 9.17) is 5.26 Å². The summed E-state index contributed by atoms with van der Waals surface area (Å²) in [7, 11) is 1.77. The summed E-state index contributed by atoms with van der Waals surface area (Å²) in [5.74, 6) is -0.441. The van der Waals surface area contributed by atoms with Crippen LogP contribution in [0.1, 0.15) is 11.1 Å². The Balaban J connectivity index is 2.47. The van der Waals surface area contributed by atoms with E-state index in [-0.39, 0.29) is 12.2 Å². The minimum atomic E-state index is -0.441. The van der Waals surface area contributed by atoms with Gasteiger partial charge in [0, 0.05) is 24.0 Å². The maximum Gasteiger partial charge on any atom is 0.130 e. The molecule has 96 valence electrons. The second kappa shape index (κ2) is 5.51. The largest absolute Gasteiger partial charge is 0.391 e. The highest BCUT2D eigenvalue weighted by Gasteiger charge is 2.12. The average molecular weight is 256 g/mol. The van der Waals surface area contributed by atoms with Gasteiger partial charge in [0.25, 0.3) is 0 Å². The second-order valence-corrected chi connectivity index (χ2v) is 4.12. The van der Waals surface area contributed by atoms with E-state index in [1.54, 1.807) is 42.3 Å². The van der Waals surface area contributed by atoms with Crippen LogP contribution in [0.3, 0.4) is 0 Å². The van der Waals surface area contributed by atoms with Crippen LogP contribution in [0, 0.1) is 17.1 Å². The molecule has 0 aliphatic rings. The Morgan fingerprint density at radius 3 is 2.68 bits per heavy atom. The average Bonchev–Trinajstić information content (AvgIpc) is 2.46. The molecule has 0 aromatic heterocycles. The molecule has 1 N–H and O–H groups in total. The number of rotatable bonds is 3. The fourth-order valence-electron chi connectivity index (χ4n) is 1.94. The van der Waals surface area contributed by atoms with Crippen LogP contribution in [0.5, 0.6) is 0 Å². The molecule has 3 nitrogen and oxygen atoms in total. The van der Waals surface area contributed by atoms with Gasteiger partial charge in [0.1, 0.15) is 5.82 Å². The summed E-state index contributed by atoms with van der Waals surface area (Å²) in [5, 5.41) is 18.2. The number of hydrogen-bond donors (Lipinski definition) is 1. The third-order valence-electron chi connectivity index (χ3n) is 2.98. The Labute approximate surface area is 111 Å². The summed E-state index contributed by atoms with van der Waals surface area (Å²) in [4.78, 5) is 1.75. The number of anilines is 2. The monoisotopic (exact) mass is 256 g/mol. The zero-order valence-corrected chi connectivity index (χ0v) is 10.5. The van der Waals surface area contributed by atoms with Gasteiger partial charge in [0.15, 0.2) is 0 Å². The molecule has 0 bridgehead atoms. The Hall–Kier alpha value is -2.38. The molecule has 0 saturated heterocycles. The normalized spacial score (nSPS) is 10.0. The van der Waals surface area contributed by atoms with Crippen molar-refractivity contribution in [1.29, 1.82) is 5.26 Å². The molecule has 0 spiro atoms. The fraction of sp³-hybridized carbons (Fsp3) is 0.133. The second-order valence-electron chi connectivity index (χ2n) is 4.12. The van der Waals surface area contributed by atoms with Crippen LogP contribution in [0.15, 0.2) is 42.5 Å². The smallest absolute Gasteiger partial charge is 0.130 e.